The van der Waals surface area contributed by atoms with Gasteiger partial charge in [-0.15, -0.1) is 0 Å². The molecular formula is C26H32FN5O. The van der Waals surface area contributed by atoms with E-state index in [9.17, 15) is 0 Å². The molecule has 2 aliphatic heterocycles. The third kappa shape index (κ3) is 4.93. The maximum atomic E-state index is 15.0. The van der Waals surface area contributed by atoms with Gasteiger partial charge in [0.25, 0.3) is 0 Å². The zero-order valence-corrected chi connectivity index (χ0v) is 19.8. The van der Waals surface area contributed by atoms with Gasteiger partial charge in [-0.1, -0.05) is 12.6 Å². The molecule has 0 fully saturated rings. The van der Waals surface area contributed by atoms with Crippen LogP contribution in [-0.2, 0) is 13.0 Å². The predicted octanol–water partition coefficient (Wildman–Crippen LogP) is 4.54. The number of nitrogens with one attached hydrogen (secondary N) is 2. The zero-order valence-electron chi connectivity index (χ0n) is 19.8. The number of fused-ring (bicyclic) bond motifs is 2. The van der Waals surface area contributed by atoms with E-state index < -0.39 is 5.82 Å². The van der Waals surface area contributed by atoms with Gasteiger partial charge in [0.2, 0.25) is 5.96 Å². The topological polar surface area (TPSA) is 61.2 Å². The standard InChI is InChI=1S/C26H32FN5O/c1-16(2)24(19-13-22(27)25-23(14-19)32(17(3)4)10-11-33-25)31-26(28-5)30-21-7-6-18-8-9-29-15-20(18)12-21/h6-7,12-14,17,29H,1,8-11,15H2,2-5H3,(H,28,30). The molecule has 2 N–H and O–H groups in total. The van der Waals surface area contributed by atoms with Crippen molar-refractivity contribution in [3.8, 4) is 5.75 Å². The lowest BCUT2D eigenvalue weighted by molar-refractivity contribution is 0.287. The van der Waals surface area contributed by atoms with E-state index in [-0.39, 0.29) is 6.04 Å². The van der Waals surface area contributed by atoms with Crippen molar-refractivity contribution in [1.29, 1.82) is 0 Å². The van der Waals surface area contributed by atoms with Crippen LogP contribution >= 0.6 is 0 Å². The van der Waals surface area contributed by atoms with Crippen molar-refractivity contribution in [1.82, 2.24) is 5.32 Å². The number of benzene rings is 2. The molecular weight excluding hydrogens is 417 g/mol. The molecule has 174 valence electrons. The molecule has 0 saturated heterocycles. The fourth-order valence-corrected chi connectivity index (χ4v) is 4.31. The number of guanidine groups is 1. The first kappa shape index (κ1) is 23.0. The largest absolute Gasteiger partial charge is 0.486 e. The fraction of sp³-hybridized carbons (Fsp3) is 0.385. The summed E-state index contributed by atoms with van der Waals surface area (Å²) in [5, 5.41) is 6.70. The summed E-state index contributed by atoms with van der Waals surface area (Å²) in [6.07, 6.45) is 1.03. The Bertz CT molecular complexity index is 1120. The quantitative estimate of drug-likeness (QED) is 0.531. The number of ether oxygens (including phenoxy) is 1. The lowest BCUT2D eigenvalue weighted by Crippen LogP contribution is -2.38. The number of halogens is 1. The molecule has 0 radical (unpaired) electrons. The van der Waals surface area contributed by atoms with Gasteiger partial charge in [-0.3, -0.25) is 4.99 Å². The van der Waals surface area contributed by atoms with Crippen molar-refractivity contribution < 1.29 is 9.13 Å². The maximum Gasteiger partial charge on any atom is 0.222 e. The van der Waals surface area contributed by atoms with Crippen molar-refractivity contribution in [2.45, 2.75) is 39.8 Å². The van der Waals surface area contributed by atoms with Gasteiger partial charge >= 0.3 is 0 Å². The Morgan fingerprint density at radius 1 is 1.24 bits per heavy atom. The van der Waals surface area contributed by atoms with Gasteiger partial charge < -0.3 is 20.3 Å². The minimum absolute atomic E-state index is 0.223. The Labute approximate surface area is 195 Å². The van der Waals surface area contributed by atoms with Crippen LogP contribution in [0.25, 0.3) is 0 Å². The van der Waals surface area contributed by atoms with Crippen molar-refractivity contribution in [3.63, 3.8) is 0 Å². The molecule has 2 heterocycles. The highest BCUT2D eigenvalue weighted by atomic mass is 19.1. The fourth-order valence-electron chi connectivity index (χ4n) is 4.31. The number of rotatable bonds is 4. The average Bonchev–Trinajstić information content (AvgIpc) is 2.80. The van der Waals surface area contributed by atoms with Crippen molar-refractivity contribution in [3.05, 3.63) is 65.0 Å². The number of hydrogen-bond acceptors (Lipinski definition) is 4. The Kier molecular flexibility index (Phi) is 6.79. The van der Waals surface area contributed by atoms with Crippen LogP contribution < -0.4 is 20.3 Å². The van der Waals surface area contributed by atoms with E-state index >= 15 is 4.39 Å². The van der Waals surface area contributed by atoms with Gasteiger partial charge in [0.05, 0.1) is 17.9 Å². The third-order valence-electron chi connectivity index (χ3n) is 5.99. The molecule has 6 nitrogen and oxygen atoms in total. The highest BCUT2D eigenvalue weighted by Crippen LogP contribution is 2.37. The van der Waals surface area contributed by atoms with E-state index in [1.54, 1.807) is 7.05 Å². The summed E-state index contributed by atoms with van der Waals surface area (Å²) in [7, 11) is 1.68. The van der Waals surface area contributed by atoms with Crippen LogP contribution in [-0.4, -0.2) is 44.5 Å². The van der Waals surface area contributed by atoms with Gasteiger partial charge in [-0.25, -0.2) is 9.38 Å². The maximum absolute atomic E-state index is 15.0. The summed E-state index contributed by atoms with van der Waals surface area (Å²) < 4.78 is 20.7. The van der Waals surface area contributed by atoms with Gasteiger partial charge in [-0.05, 0) is 74.7 Å². The first-order valence-corrected chi connectivity index (χ1v) is 11.4. The molecule has 0 unspecified atom stereocenters. The molecule has 0 atom stereocenters. The summed E-state index contributed by atoms with van der Waals surface area (Å²) in [4.78, 5) is 11.2. The van der Waals surface area contributed by atoms with Crippen LogP contribution in [0.1, 0.15) is 37.5 Å². The van der Waals surface area contributed by atoms with Crippen molar-refractivity contribution in [2.75, 3.05) is 37.0 Å². The number of anilines is 2. The van der Waals surface area contributed by atoms with Crippen molar-refractivity contribution >= 4 is 23.0 Å². The Hall–Kier alpha value is -3.19. The molecule has 33 heavy (non-hydrogen) atoms. The minimum Gasteiger partial charge on any atom is -0.486 e. The highest BCUT2D eigenvalue weighted by Gasteiger charge is 2.25. The van der Waals surface area contributed by atoms with E-state index in [1.807, 2.05) is 19.1 Å². The summed E-state index contributed by atoms with van der Waals surface area (Å²) in [5.41, 5.74) is 6.24. The lowest BCUT2D eigenvalue weighted by atomic mass is 10.0. The normalized spacial score (nSPS) is 16.2. The van der Waals surface area contributed by atoms with Crippen LogP contribution in [0, 0.1) is 5.82 Å². The molecule has 2 aromatic rings. The number of nitrogens with zero attached hydrogens (tertiary/aromatic N) is 3. The minimum atomic E-state index is -0.396. The third-order valence-corrected chi connectivity index (χ3v) is 5.99. The highest BCUT2D eigenvalue weighted by molar-refractivity contribution is 6.18. The molecule has 4 rings (SSSR count). The molecule has 2 aliphatic rings. The van der Waals surface area contributed by atoms with Crippen LogP contribution in [0.4, 0.5) is 15.8 Å². The first-order chi connectivity index (χ1) is 15.9. The monoisotopic (exact) mass is 449 g/mol. The molecule has 0 aliphatic carbocycles. The second-order valence-electron chi connectivity index (χ2n) is 8.77. The van der Waals surface area contributed by atoms with Crippen LogP contribution in [0.3, 0.4) is 0 Å². The zero-order chi connectivity index (χ0) is 23.5. The summed E-state index contributed by atoms with van der Waals surface area (Å²) >= 11 is 0. The Balaban J connectivity index is 1.68. The summed E-state index contributed by atoms with van der Waals surface area (Å²) in [6, 6.07) is 9.94. The van der Waals surface area contributed by atoms with Crippen LogP contribution in [0.5, 0.6) is 5.75 Å². The van der Waals surface area contributed by atoms with E-state index in [0.29, 0.717) is 36.1 Å². The average molecular weight is 450 g/mol. The second kappa shape index (κ2) is 9.75. The molecule has 0 saturated carbocycles. The lowest BCUT2D eigenvalue weighted by Gasteiger charge is -2.35. The van der Waals surface area contributed by atoms with E-state index in [0.717, 1.165) is 36.5 Å². The molecule has 0 bridgehead atoms. The molecule has 7 heteroatoms. The van der Waals surface area contributed by atoms with E-state index in [1.165, 1.54) is 17.2 Å². The molecule has 2 aromatic carbocycles. The smallest absolute Gasteiger partial charge is 0.222 e. The first-order valence-electron chi connectivity index (χ1n) is 11.4. The summed E-state index contributed by atoms with van der Waals surface area (Å²) in [5.74, 6) is 0.337. The molecule has 0 amide bonds. The molecule has 0 spiro atoms. The van der Waals surface area contributed by atoms with Gasteiger partial charge in [0.15, 0.2) is 11.6 Å². The Morgan fingerprint density at radius 2 is 2.06 bits per heavy atom. The van der Waals surface area contributed by atoms with Gasteiger partial charge in [0, 0.05) is 30.9 Å². The predicted molar refractivity (Wildman–Crippen MR) is 135 cm³/mol. The molecule has 0 aromatic heterocycles. The van der Waals surface area contributed by atoms with Crippen LogP contribution in [0.2, 0.25) is 0 Å². The number of aliphatic imine (C=N–C) groups is 2. The second-order valence-corrected chi connectivity index (χ2v) is 8.77. The number of hydrogen-bond donors (Lipinski definition) is 2. The van der Waals surface area contributed by atoms with Gasteiger partial charge in [0.1, 0.15) is 6.61 Å². The Morgan fingerprint density at radius 3 is 2.79 bits per heavy atom. The number of allylic oxidation sites excluding steroid dienone is 1. The van der Waals surface area contributed by atoms with Crippen molar-refractivity contribution in [2.24, 2.45) is 9.98 Å². The van der Waals surface area contributed by atoms with E-state index in [2.05, 4.69) is 53.1 Å². The van der Waals surface area contributed by atoms with Gasteiger partial charge in [-0.2, -0.15) is 0 Å². The van der Waals surface area contributed by atoms with Crippen LogP contribution in [0.15, 0.2) is 52.5 Å². The SMILES string of the molecule is C=C(C)C(=NC(=NC)Nc1ccc2c(c1)CNCC2)c1cc(F)c2c(c1)N(C(C)C)CCO2. The van der Waals surface area contributed by atoms with E-state index in [4.69, 9.17) is 9.73 Å². The summed E-state index contributed by atoms with van der Waals surface area (Å²) in [6.45, 7) is 13.2.